The minimum absolute atomic E-state index is 0. The second-order valence-corrected chi connectivity index (χ2v) is 4.76. The number of hydrogen-bond donors (Lipinski definition) is 1. The molecule has 0 aromatic heterocycles. The molecule has 0 saturated heterocycles. The second-order valence-electron chi connectivity index (χ2n) is 4.76. The summed E-state index contributed by atoms with van der Waals surface area (Å²) >= 11 is 0. The molecule has 0 spiro atoms. The molecule has 0 radical (unpaired) electrons. The molecular formula is C12H19N2NaO3. The minimum Gasteiger partial charge on any atom is -0.846 e. The van der Waals surface area contributed by atoms with Gasteiger partial charge in [0.15, 0.2) is 0 Å². The Bertz CT molecular complexity index is 355. The van der Waals surface area contributed by atoms with Crippen molar-refractivity contribution in [2.24, 2.45) is 16.3 Å². The maximum absolute atomic E-state index is 12.0. The standard InChI is InChI=1S/C12H20N2O3.Na/c1-4-5-6-7-12(8(2)3)9(15)13-11(17)14-10(12)16;/h8H,4-7H2,1-3H3,(H2,13,14,15,16,17);/q;+1/p-1. The van der Waals surface area contributed by atoms with E-state index in [9.17, 15) is 14.7 Å². The number of aliphatic imine (C=N–C) groups is 1. The Kier molecular flexibility index (Phi) is 7.10. The van der Waals surface area contributed by atoms with Gasteiger partial charge in [0.25, 0.3) is 5.91 Å². The maximum atomic E-state index is 12.0. The number of nitrogens with zero attached hydrogens (tertiary/aromatic N) is 1. The van der Waals surface area contributed by atoms with Crippen molar-refractivity contribution in [3.8, 4) is 0 Å². The first-order valence-electron chi connectivity index (χ1n) is 6.06. The van der Waals surface area contributed by atoms with Gasteiger partial charge in [0.1, 0.15) is 5.41 Å². The zero-order chi connectivity index (χ0) is 13.1. The summed E-state index contributed by atoms with van der Waals surface area (Å²) in [7, 11) is 0. The van der Waals surface area contributed by atoms with E-state index in [0.29, 0.717) is 6.42 Å². The van der Waals surface area contributed by atoms with Crippen LogP contribution < -0.4 is 40.0 Å². The number of unbranched alkanes of at least 4 members (excludes halogenated alkanes) is 2. The molecule has 0 aliphatic carbocycles. The number of hydrogen-bond acceptors (Lipinski definition) is 3. The van der Waals surface area contributed by atoms with Crippen LogP contribution in [0.3, 0.4) is 0 Å². The monoisotopic (exact) mass is 262 g/mol. The van der Waals surface area contributed by atoms with Crippen LogP contribution in [-0.2, 0) is 9.59 Å². The summed E-state index contributed by atoms with van der Waals surface area (Å²) in [6, 6.07) is -0.841. The summed E-state index contributed by atoms with van der Waals surface area (Å²) in [5.41, 5.74) is -1.15. The summed E-state index contributed by atoms with van der Waals surface area (Å²) in [5, 5.41) is 13.1. The summed E-state index contributed by atoms with van der Waals surface area (Å²) in [6.07, 6.45) is 3.22. The average Bonchev–Trinajstić information content (AvgIpc) is 2.21. The van der Waals surface area contributed by atoms with Crippen molar-refractivity contribution >= 4 is 17.8 Å². The van der Waals surface area contributed by atoms with E-state index in [0.717, 1.165) is 19.3 Å². The molecule has 6 heteroatoms. The molecule has 0 saturated carbocycles. The SMILES string of the molecule is CCCCCC1(C(C)C)C(=O)N=C([O-])NC1=O.[Na+]. The fourth-order valence-corrected chi connectivity index (χ4v) is 2.20. The van der Waals surface area contributed by atoms with Gasteiger partial charge in [-0.2, -0.15) is 0 Å². The summed E-state index contributed by atoms with van der Waals surface area (Å²) in [4.78, 5) is 27.3. The Balaban J connectivity index is 0.00000289. The van der Waals surface area contributed by atoms with Crippen molar-refractivity contribution in [2.45, 2.75) is 46.5 Å². The molecule has 2 amide bonds. The molecule has 1 heterocycles. The Labute approximate surface area is 130 Å². The number of carbonyl (C=O) groups is 2. The van der Waals surface area contributed by atoms with Crippen LogP contribution in [-0.4, -0.2) is 17.8 Å². The second kappa shape index (κ2) is 7.26. The largest absolute Gasteiger partial charge is 1.00 e. The summed E-state index contributed by atoms with van der Waals surface area (Å²) < 4.78 is 0. The Morgan fingerprint density at radius 2 is 1.94 bits per heavy atom. The third-order valence-electron chi connectivity index (χ3n) is 3.37. The van der Waals surface area contributed by atoms with E-state index >= 15 is 0 Å². The quantitative estimate of drug-likeness (QED) is 0.340. The molecule has 1 atom stereocenters. The third-order valence-corrected chi connectivity index (χ3v) is 3.37. The van der Waals surface area contributed by atoms with Crippen molar-refractivity contribution in [3.63, 3.8) is 0 Å². The van der Waals surface area contributed by atoms with Gasteiger partial charge in [-0.05, 0) is 12.3 Å². The fraction of sp³-hybridized carbons (Fsp3) is 0.750. The van der Waals surface area contributed by atoms with Gasteiger partial charge in [0, 0.05) is 0 Å². The van der Waals surface area contributed by atoms with Crippen LogP contribution in [0.2, 0.25) is 0 Å². The van der Waals surface area contributed by atoms with Crippen LogP contribution in [0.15, 0.2) is 4.99 Å². The minimum atomic E-state index is -1.15. The Hall–Kier alpha value is -0.390. The van der Waals surface area contributed by atoms with E-state index in [-0.39, 0.29) is 35.5 Å². The van der Waals surface area contributed by atoms with E-state index in [2.05, 4.69) is 17.2 Å². The first kappa shape index (κ1) is 17.6. The molecule has 18 heavy (non-hydrogen) atoms. The zero-order valence-corrected chi connectivity index (χ0v) is 13.6. The van der Waals surface area contributed by atoms with Crippen LogP contribution in [0.25, 0.3) is 0 Å². The molecule has 1 aliphatic rings. The first-order valence-corrected chi connectivity index (χ1v) is 6.06. The molecule has 1 unspecified atom stereocenters. The molecule has 1 rings (SSSR count). The van der Waals surface area contributed by atoms with Crippen LogP contribution >= 0.6 is 0 Å². The number of rotatable bonds is 5. The van der Waals surface area contributed by atoms with Gasteiger partial charge in [-0.3, -0.25) is 9.59 Å². The van der Waals surface area contributed by atoms with Crippen LogP contribution in [0, 0.1) is 11.3 Å². The van der Waals surface area contributed by atoms with Gasteiger partial charge in [-0.25, -0.2) is 4.99 Å². The predicted molar refractivity (Wildman–Crippen MR) is 62.0 cm³/mol. The third kappa shape index (κ3) is 3.33. The van der Waals surface area contributed by atoms with Gasteiger partial charge in [0.2, 0.25) is 5.91 Å². The van der Waals surface area contributed by atoms with Crippen LogP contribution in [0.1, 0.15) is 46.5 Å². The smallest absolute Gasteiger partial charge is 0.846 e. The predicted octanol–water partition coefficient (Wildman–Crippen LogP) is -2.41. The molecule has 1 N–H and O–H groups in total. The normalized spacial score (nSPS) is 23.4. The van der Waals surface area contributed by atoms with Crippen molar-refractivity contribution < 1.29 is 44.3 Å². The van der Waals surface area contributed by atoms with Crippen molar-refractivity contribution in [1.82, 2.24) is 5.32 Å². The molecule has 96 valence electrons. The van der Waals surface area contributed by atoms with Gasteiger partial charge in [-0.15, -0.1) is 0 Å². The zero-order valence-electron chi connectivity index (χ0n) is 11.6. The van der Waals surface area contributed by atoms with Crippen molar-refractivity contribution in [3.05, 3.63) is 0 Å². The summed E-state index contributed by atoms with van der Waals surface area (Å²) in [5.74, 6) is -1.24. The van der Waals surface area contributed by atoms with Gasteiger partial charge in [0.05, 0.1) is 6.02 Å². The summed E-state index contributed by atoms with van der Waals surface area (Å²) in [6.45, 7) is 5.68. The number of amides is 2. The molecule has 1 aliphatic heterocycles. The number of nitrogens with one attached hydrogen (secondary N) is 1. The molecule has 0 bridgehead atoms. The number of carbonyl (C=O) groups excluding carboxylic acids is 2. The van der Waals surface area contributed by atoms with E-state index in [1.807, 2.05) is 13.8 Å². The Morgan fingerprint density at radius 1 is 1.33 bits per heavy atom. The van der Waals surface area contributed by atoms with Crippen LogP contribution in [0.5, 0.6) is 0 Å². The van der Waals surface area contributed by atoms with Crippen molar-refractivity contribution in [2.75, 3.05) is 0 Å². The molecule has 0 aromatic rings. The molecule has 0 aromatic carbocycles. The average molecular weight is 262 g/mol. The van der Waals surface area contributed by atoms with Crippen LogP contribution in [0.4, 0.5) is 0 Å². The fourth-order valence-electron chi connectivity index (χ4n) is 2.20. The topological polar surface area (TPSA) is 81.6 Å². The first-order chi connectivity index (χ1) is 7.95. The molecule has 5 nitrogen and oxygen atoms in total. The van der Waals surface area contributed by atoms with Gasteiger partial charge >= 0.3 is 29.6 Å². The Morgan fingerprint density at radius 3 is 2.39 bits per heavy atom. The number of amidine groups is 1. The van der Waals surface area contributed by atoms with E-state index < -0.39 is 23.3 Å². The van der Waals surface area contributed by atoms with Crippen molar-refractivity contribution in [1.29, 1.82) is 0 Å². The van der Waals surface area contributed by atoms with E-state index in [4.69, 9.17) is 0 Å². The molecule has 0 fully saturated rings. The van der Waals surface area contributed by atoms with Gasteiger partial charge < -0.3 is 10.4 Å². The van der Waals surface area contributed by atoms with E-state index in [1.54, 1.807) is 0 Å². The maximum Gasteiger partial charge on any atom is 1.00 e. The van der Waals surface area contributed by atoms with E-state index in [1.165, 1.54) is 0 Å². The molecular weight excluding hydrogens is 243 g/mol. The van der Waals surface area contributed by atoms with Gasteiger partial charge in [-0.1, -0.05) is 40.0 Å².